The average molecular weight is 254 g/mol. The molecule has 5 heteroatoms. The topological polar surface area (TPSA) is 47.9 Å². The molecule has 0 saturated carbocycles. The van der Waals surface area contributed by atoms with Gasteiger partial charge in [0.1, 0.15) is 18.2 Å². The second-order valence-corrected chi connectivity index (χ2v) is 4.02. The number of carbonyl (C=O) groups is 1. The van der Waals surface area contributed by atoms with Gasteiger partial charge in [0.2, 0.25) is 0 Å². The van der Waals surface area contributed by atoms with Crippen LogP contribution in [0.1, 0.15) is 12.5 Å². The minimum Gasteiger partial charge on any atom is -0.465 e. The van der Waals surface area contributed by atoms with Crippen LogP contribution in [0.25, 0.3) is 0 Å². The van der Waals surface area contributed by atoms with E-state index in [4.69, 9.17) is 21.2 Å². The average Bonchev–Trinajstić information content (AvgIpc) is 2.79. The standard InChI is InChI=1S/C12H12ClNO3/c1-2-16-12(15)10-7-17-14-11(10)8-3-5-9(13)6-4-8/h3-6,10H,2,7H2,1H3. The Kier molecular flexibility index (Phi) is 3.64. The molecule has 0 bridgehead atoms. The van der Waals surface area contributed by atoms with Crippen LogP contribution >= 0.6 is 11.6 Å². The van der Waals surface area contributed by atoms with Gasteiger partial charge in [-0.15, -0.1) is 0 Å². The highest BCUT2D eigenvalue weighted by Gasteiger charge is 2.32. The summed E-state index contributed by atoms with van der Waals surface area (Å²) in [7, 11) is 0. The number of halogens is 1. The van der Waals surface area contributed by atoms with E-state index in [9.17, 15) is 4.79 Å². The normalized spacial score (nSPS) is 18.5. The van der Waals surface area contributed by atoms with Crippen molar-refractivity contribution < 1.29 is 14.4 Å². The van der Waals surface area contributed by atoms with E-state index in [1.54, 1.807) is 19.1 Å². The van der Waals surface area contributed by atoms with Crippen LogP contribution in [0.3, 0.4) is 0 Å². The molecule has 1 aromatic carbocycles. The fourth-order valence-electron chi connectivity index (χ4n) is 1.62. The van der Waals surface area contributed by atoms with Gasteiger partial charge in [-0.3, -0.25) is 4.79 Å². The van der Waals surface area contributed by atoms with Crippen molar-refractivity contribution in [1.29, 1.82) is 0 Å². The van der Waals surface area contributed by atoms with E-state index in [0.717, 1.165) is 5.56 Å². The summed E-state index contributed by atoms with van der Waals surface area (Å²) in [5, 5.41) is 4.53. The van der Waals surface area contributed by atoms with Crippen molar-refractivity contribution in [2.45, 2.75) is 6.92 Å². The fourth-order valence-corrected chi connectivity index (χ4v) is 1.75. The molecule has 0 aromatic heterocycles. The Morgan fingerprint density at radius 3 is 2.88 bits per heavy atom. The highest BCUT2D eigenvalue weighted by atomic mass is 35.5. The molecule has 0 saturated heterocycles. The lowest BCUT2D eigenvalue weighted by Crippen LogP contribution is -2.26. The number of rotatable bonds is 3. The quantitative estimate of drug-likeness (QED) is 0.777. The number of esters is 1. The summed E-state index contributed by atoms with van der Waals surface area (Å²) in [4.78, 5) is 16.7. The largest absolute Gasteiger partial charge is 0.465 e. The van der Waals surface area contributed by atoms with Gasteiger partial charge >= 0.3 is 5.97 Å². The molecular formula is C12H12ClNO3. The molecule has 0 radical (unpaired) electrons. The fraction of sp³-hybridized carbons (Fsp3) is 0.333. The molecular weight excluding hydrogens is 242 g/mol. The highest BCUT2D eigenvalue weighted by Crippen LogP contribution is 2.20. The zero-order valence-corrected chi connectivity index (χ0v) is 10.1. The Hall–Kier alpha value is -1.55. The first-order valence-corrected chi connectivity index (χ1v) is 5.72. The van der Waals surface area contributed by atoms with Gasteiger partial charge in [0.05, 0.1) is 6.61 Å². The Labute approximate surface area is 104 Å². The number of nitrogens with zero attached hydrogens (tertiary/aromatic N) is 1. The van der Waals surface area contributed by atoms with Gasteiger partial charge in [-0.2, -0.15) is 0 Å². The van der Waals surface area contributed by atoms with E-state index in [0.29, 0.717) is 17.3 Å². The number of benzene rings is 1. The van der Waals surface area contributed by atoms with Crippen LogP contribution in [0.5, 0.6) is 0 Å². The molecule has 0 aliphatic carbocycles. The van der Waals surface area contributed by atoms with E-state index in [-0.39, 0.29) is 12.6 Å². The van der Waals surface area contributed by atoms with Crippen molar-refractivity contribution in [1.82, 2.24) is 0 Å². The third kappa shape index (κ3) is 2.58. The van der Waals surface area contributed by atoms with Crippen LogP contribution in [0.4, 0.5) is 0 Å². The second-order valence-electron chi connectivity index (χ2n) is 3.58. The van der Waals surface area contributed by atoms with E-state index in [1.807, 2.05) is 12.1 Å². The maximum atomic E-state index is 11.7. The first kappa shape index (κ1) is 11.9. The third-order valence-corrected chi connectivity index (χ3v) is 2.70. The first-order valence-electron chi connectivity index (χ1n) is 5.34. The summed E-state index contributed by atoms with van der Waals surface area (Å²) in [6.45, 7) is 2.35. The minimum atomic E-state index is -0.448. The monoisotopic (exact) mass is 253 g/mol. The third-order valence-electron chi connectivity index (χ3n) is 2.45. The lowest BCUT2D eigenvalue weighted by Gasteiger charge is -2.09. The summed E-state index contributed by atoms with van der Waals surface area (Å²) in [5.74, 6) is -0.755. The number of carbonyl (C=O) groups excluding carboxylic acids is 1. The number of ether oxygens (including phenoxy) is 1. The molecule has 1 atom stereocenters. The number of hydrogen-bond acceptors (Lipinski definition) is 4. The lowest BCUT2D eigenvalue weighted by molar-refractivity contribution is -0.146. The molecule has 1 unspecified atom stereocenters. The molecule has 1 aliphatic heterocycles. The van der Waals surface area contributed by atoms with Crippen molar-refractivity contribution in [3.8, 4) is 0 Å². The van der Waals surface area contributed by atoms with Crippen LogP contribution in [-0.2, 0) is 14.4 Å². The maximum Gasteiger partial charge on any atom is 0.318 e. The van der Waals surface area contributed by atoms with E-state index in [1.165, 1.54) is 0 Å². The van der Waals surface area contributed by atoms with E-state index >= 15 is 0 Å². The van der Waals surface area contributed by atoms with Gasteiger partial charge in [0.25, 0.3) is 0 Å². The van der Waals surface area contributed by atoms with Crippen molar-refractivity contribution in [3.63, 3.8) is 0 Å². The summed E-state index contributed by atoms with van der Waals surface area (Å²) in [6, 6.07) is 7.12. The summed E-state index contributed by atoms with van der Waals surface area (Å²) in [6.07, 6.45) is 0. The molecule has 4 nitrogen and oxygen atoms in total. The van der Waals surface area contributed by atoms with Gasteiger partial charge in [0.15, 0.2) is 0 Å². The van der Waals surface area contributed by atoms with Crippen LogP contribution in [0, 0.1) is 5.92 Å². The van der Waals surface area contributed by atoms with Crippen LogP contribution < -0.4 is 0 Å². The first-order chi connectivity index (χ1) is 8.22. The van der Waals surface area contributed by atoms with Crippen molar-refractivity contribution in [2.75, 3.05) is 13.2 Å². The van der Waals surface area contributed by atoms with Gasteiger partial charge in [-0.05, 0) is 19.1 Å². The molecule has 1 heterocycles. The zero-order chi connectivity index (χ0) is 12.3. The maximum absolute atomic E-state index is 11.7. The molecule has 2 rings (SSSR count). The lowest BCUT2D eigenvalue weighted by atomic mass is 9.98. The van der Waals surface area contributed by atoms with Crippen molar-refractivity contribution in [3.05, 3.63) is 34.9 Å². The molecule has 0 fully saturated rings. The van der Waals surface area contributed by atoms with Crippen LogP contribution in [-0.4, -0.2) is 24.9 Å². The highest BCUT2D eigenvalue weighted by molar-refractivity contribution is 6.30. The molecule has 1 aliphatic rings. The molecule has 0 amide bonds. The smallest absolute Gasteiger partial charge is 0.318 e. The molecule has 17 heavy (non-hydrogen) atoms. The van der Waals surface area contributed by atoms with Crippen LogP contribution in [0.15, 0.2) is 29.4 Å². The molecule has 0 N–H and O–H groups in total. The van der Waals surface area contributed by atoms with Gasteiger partial charge < -0.3 is 9.57 Å². The van der Waals surface area contributed by atoms with Crippen molar-refractivity contribution in [2.24, 2.45) is 11.1 Å². The van der Waals surface area contributed by atoms with Crippen molar-refractivity contribution >= 4 is 23.3 Å². The predicted octanol–water partition coefficient (Wildman–Crippen LogP) is 2.25. The predicted molar refractivity (Wildman–Crippen MR) is 64.1 cm³/mol. The summed E-state index contributed by atoms with van der Waals surface area (Å²) in [5.41, 5.74) is 1.42. The van der Waals surface area contributed by atoms with E-state index < -0.39 is 5.92 Å². The Balaban J connectivity index is 2.20. The van der Waals surface area contributed by atoms with E-state index in [2.05, 4.69) is 5.16 Å². The Morgan fingerprint density at radius 2 is 2.24 bits per heavy atom. The molecule has 90 valence electrons. The molecule has 0 spiro atoms. The summed E-state index contributed by atoms with van der Waals surface area (Å²) >= 11 is 5.80. The van der Waals surface area contributed by atoms with Gasteiger partial charge in [-0.1, -0.05) is 28.9 Å². The number of hydrogen-bond donors (Lipinski definition) is 0. The van der Waals surface area contributed by atoms with Gasteiger partial charge in [-0.25, -0.2) is 0 Å². The Bertz CT molecular complexity index is 442. The number of oxime groups is 1. The molecule has 1 aromatic rings. The SMILES string of the molecule is CCOC(=O)C1CON=C1c1ccc(Cl)cc1. The van der Waals surface area contributed by atoms with Crippen LogP contribution in [0.2, 0.25) is 5.02 Å². The second kappa shape index (κ2) is 5.19. The Morgan fingerprint density at radius 1 is 1.53 bits per heavy atom. The zero-order valence-electron chi connectivity index (χ0n) is 9.35. The van der Waals surface area contributed by atoms with Gasteiger partial charge in [0, 0.05) is 10.6 Å². The summed E-state index contributed by atoms with van der Waals surface area (Å²) < 4.78 is 4.98. The minimum absolute atomic E-state index is 0.233.